The molecule has 4 nitrogen and oxygen atoms in total. The van der Waals surface area contributed by atoms with Crippen molar-refractivity contribution < 1.29 is 4.74 Å². The largest absolute Gasteiger partial charge is 0.489 e. The van der Waals surface area contributed by atoms with Crippen molar-refractivity contribution in [3.8, 4) is 5.75 Å². The molecule has 0 atom stereocenters. The fourth-order valence-electron chi connectivity index (χ4n) is 3.40. The highest BCUT2D eigenvalue weighted by molar-refractivity contribution is 6.32. The molecule has 0 spiro atoms. The number of hydrogen-bond acceptors (Lipinski definition) is 3. The Morgan fingerprint density at radius 2 is 2.04 bits per heavy atom. The Bertz CT molecular complexity index is 721. The predicted molar refractivity (Wildman–Crippen MR) is 94.2 cm³/mol. The molecule has 3 rings (SSSR count). The van der Waals surface area contributed by atoms with Gasteiger partial charge in [-0.05, 0) is 74.6 Å². The summed E-state index contributed by atoms with van der Waals surface area (Å²) < 4.78 is 6.12. The first-order valence-corrected chi connectivity index (χ1v) is 8.73. The van der Waals surface area contributed by atoms with Gasteiger partial charge in [-0.15, -0.1) is 0 Å². The lowest BCUT2D eigenvalue weighted by Crippen LogP contribution is -2.24. The molecule has 5 heteroatoms. The van der Waals surface area contributed by atoms with E-state index in [4.69, 9.17) is 22.1 Å². The van der Waals surface area contributed by atoms with Gasteiger partial charge in [-0.25, -0.2) is 0 Å². The van der Waals surface area contributed by atoms with E-state index in [2.05, 4.69) is 4.98 Å². The summed E-state index contributed by atoms with van der Waals surface area (Å²) in [5.74, 6) is 1.46. The minimum absolute atomic E-state index is 0.128. The summed E-state index contributed by atoms with van der Waals surface area (Å²) >= 11 is 6.30. The second-order valence-electron chi connectivity index (χ2n) is 6.37. The first-order valence-electron chi connectivity index (χ1n) is 8.35. The molecule has 0 aliphatic heterocycles. The Morgan fingerprint density at radius 3 is 2.78 bits per heavy atom. The topological polar surface area (TPSA) is 68.1 Å². The van der Waals surface area contributed by atoms with Gasteiger partial charge in [-0.2, -0.15) is 0 Å². The highest BCUT2D eigenvalue weighted by Gasteiger charge is 2.22. The third kappa shape index (κ3) is 3.88. The Kier molecular flexibility index (Phi) is 5.23. The monoisotopic (exact) mass is 334 g/mol. The number of fused-ring (bicyclic) bond motifs is 1. The predicted octanol–water partition coefficient (Wildman–Crippen LogP) is 3.86. The second-order valence-corrected chi connectivity index (χ2v) is 6.78. The summed E-state index contributed by atoms with van der Waals surface area (Å²) in [7, 11) is 0. The van der Waals surface area contributed by atoms with Gasteiger partial charge in [0.2, 0.25) is 0 Å². The van der Waals surface area contributed by atoms with Crippen LogP contribution >= 0.6 is 11.6 Å². The van der Waals surface area contributed by atoms with Crippen molar-refractivity contribution in [1.29, 1.82) is 0 Å². The van der Waals surface area contributed by atoms with Crippen LogP contribution in [0, 0.1) is 5.92 Å². The molecule has 124 valence electrons. The number of hydrogen-bond donors (Lipinski definition) is 2. The average molecular weight is 335 g/mol. The van der Waals surface area contributed by atoms with Gasteiger partial charge in [0.1, 0.15) is 5.75 Å². The maximum atomic E-state index is 11.8. The van der Waals surface area contributed by atoms with Gasteiger partial charge in [0.05, 0.1) is 11.1 Å². The molecular formula is C18H23ClN2O2. The number of aromatic amines is 1. The fraction of sp³-hybridized carbons (Fsp3) is 0.500. The van der Waals surface area contributed by atoms with Gasteiger partial charge in [0, 0.05) is 11.6 Å². The number of halogens is 1. The van der Waals surface area contributed by atoms with Crippen LogP contribution in [0.25, 0.3) is 10.8 Å². The van der Waals surface area contributed by atoms with Gasteiger partial charge in [0.25, 0.3) is 5.56 Å². The molecule has 0 radical (unpaired) electrons. The maximum Gasteiger partial charge on any atom is 0.255 e. The third-order valence-electron chi connectivity index (χ3n) is 4.73. The standard InChI is InChI=1S/C18H23ClN2O2/c19-16-11-15-13(7-9-21-18(15)22)10-17(16)23-14-5-3-12(4-6-14)2-1-8-20/h7,9-12,14H,1-6,8,20H2,(H,21,22). The zero-order valence-corrected chi connectivity index (χ0v) is 13.9. The number of pyridine rings is 1. The van der Waals surface area contributed by atoms with Crippen LogP contribution in [0.2, 0.25) is 5.02 Å². The van der Waals surface area contributed by atoms with Crippen LogP contribution in [0.4, 0.5) is 0 Å². The molecule has 1 aromatic carbocycles. The summed E-state index contributed by atoms with van der Waals surface area (Å²) in [4.78, 5) is 14.5. The van der Waals surface area contributed by atoms with Crippen molar-refractivity contribution in [1.82, 2.24) is 4.98 Å². The molecule has 1 aliphatic rings. The van der Waals surface area contributed by atoms with Crippen molar-refractivity contribution in [3.63, 3.8) is 0 Å². The molecule has 2 aromatic rings. The number of benzene rings is 1. The first kappa shape index (κ1) is 16.3. The molecule has 0 saturated heterocycles. The van der Waals surface area contributed by atoms with Crippen LogP contribution in [-0.4, -0.2) is 17.6 Å². The van der Waals surface area contributed by atoms with Crippen molar-refractivity contribution in [2.75, 3.05) is 6.54 Å². The van der Waals surface area contributed by atoms with E-state index in [-0.39, 0.29) is 11.7 Å². The van der Waals surface area contributed by atoms with Crippen LogP contribution in [0.5, 0.6) is 5.75 Å². The van der Waals surface area contributed by atoms with Crippen molar-refractivity contribution in [3.05, 3.63) is 39.8 Å². The summed E-state index contributed by atoms with van der Waals surface area (Å²) in [5, 5.41) is 1.94. The van der Waals surface area contributed by atoms with Gasteiger partial charge in [0.15, 0.2) is 0 Å². The molecule has 3 N–H and O–H groups in total. The van der Waals surface area contributed by atoms with E-state index in [9.17, 15) is 4.79 Å². The lowest BCUT2D eigenvalue weighted by atomic mass is 9.84. The Balaban J connectivity index is 1.68. The lowest BCUT2D eigenvalue weighted by Gasteiger charge is -2.29. The molecule has 1 aliphatic carbocycles. The number of rotatable bonds is 5. The molecule has 0 unspecified atom stereocenters. The molecule has 1 aromatic heterocycles. The van der Waals surface area contributed by atoms with E-state index in [0.29, 0.717) is 16.2 Å². The van der Waals surface area contributed by atoms with Gasteiger partial charge in [-0.1, -0.05) is 11.6 Å². The minimum atomic E-state index is -0.128. The van der Waals surface area contributed by atoms with E-state index in [1.165, 1.54) is 19.3 Å². The summed E-state index contributed by atoms with van der Waals surface area (Å²) in [5.41, 5.74) is 5.46. The second kappa shape index (κ2) is 7.37. The van der Waals surface area contributed by atoms with E-state index < -0.39 is 0 Å². The molecule has 0 bridgehead atoms. The van der Waals surface area contributed by atoms with E-state index in [1.807, 2.05) is 12.1 Å². The van der Waals surface area contributed by atoms with Crippen molar-refractivity contribution in [2.24, 2.45) is 11.7 Å². The number of nitrogens with two attached hydrogens (primary N) is 1. The summed E-state index contributed by atoms with van der Waals surface area (Å²) in [6.07, 6.45) is 8.68. The first-order chi connectivity index (χ1) is 11.2. The minimum Gasteiger partial charge on any atom is -0.489 e. The average Bonchev–Trinajstić information content (AvgIpc) is 2.56. The third-order valence-corrected chi connectivity index (χ3v) is 5.03. The summed E-state index contributed by atoms with van der Waals surface area (Å²) in [6, 6.07) is 5.43. The Hall–Kier alpha value is -1.52. The van der Waals surface area contributed by atoms with Crippen LogP contribution in [0.1, 0.15) is 38.5 Å². The number of H-pyrrole nitrogens is 1. The molecule has 1 heterocycles. The van der Waals surface area contributed by atoms with Crippen LogP contribution in [0.3, 0.4) is 0 Å². The van der Waals surface area contributed by atoms with Crippen molar-refractivity contribution in [2.45, 2.75) is 44.6 Å². The number of ether oxygens (including phenoxy) is 1. The summed E-state index contributed by atoms with van der Waals surface area (Å²) in [6.45, 7) is 0.780. The highest BCUT2D eigenvalue weighted by atomic mass is 35.5. The van der Waals surface area contributed by atoms with Crippen molar-refractivity contribution >= 4 is 22.4 Å². The lowest BCUT2D eigenvalue weighted by molar-refractivity contribution is 0.128. The van der Waals surface area contributed by atoms with Crippen LogP contribution in [0.15, 0.2) is 29.2 Å². The van der Waals surface area contributed by atoms with E-state index in [0.717, 1.165) is 37.1 Å². The quantitative estimate of drug-likeness (QED) is 0.872. The fourth-order valence-corrected chi connectivity index (χ4v) is 3.61. The van der Waals surface area contributed by atoms with E-state index >= 15 is 0 Å². The van der Waals surface area contributed by atoms with Crippen LogP contribution in [-0.2, 0) is 0 Å². The maximum absolute atomic E-state index is 11.8. The number of nitrogens with one attached hydrogen (secondary N) is 1. The van der Waals surface area contributed by atoms with E-state index in [1.54, 1.807) is 12.3 Å². The Morgan fingerprint density at radius 1 is 1.26 bits per heavy atom. The SMILES string of the molecule is NCCCC1CCC(Oc2cc3cc[nH]c(=O)c3cc2Cl)CC1. The zero-order valence-electron chi connectivity index (χ0n) is 13.2. The molecule has 23 heavy (non-hydrogen) atoms. The number of aromatic nitrogens is 1. The van der Waals surface area contributed by atoms with Gasteiger partial charge in [-0.3, -0.25) is 4.79 Å². The highest BCUT2D eigenvalue weighted by Crippen LogP contribution is 2.34. The van der Waals surface area contributed by atoms with Gasteiger partial charge < -0.3 is 15.5 Å². The molecule has 0 amide bonds. The smallest absolute Gasteiger partial charge is 0.255 e. The Labute approximate surface area is 141 Å². The van der Waals surface area contributed by atoms with Gasteiger partial charge >= 0.3 is 0 Å². The zero-order chi connectivity index (χ0) is 16.2. The normalized spacial score (nSPS) is 21.5. The molecule has 1 fully saturated rings. The molecule has 1 saturated carbocycles. The van der Waals surface area contributed by atoms with Crippen LogP contribution < -0.4 is 16.0 Å². The molecular weight excluding hydrogens is 312 g/mol.